The highest BCUT2D eigenvalue weighted by Gasteiger charge is 2.27. The van der Waals surface area contributed by atoms with Gasteiger partial charge in [0.25, 0.3) is 0 Å². The van der Waals surface area contributed by atoms with Gasteiger partial charge in [-0.05, 0) is 57.0 Å². The summed E-state index contributed by atoms with van der Waals surface area (Å²) in [5.74, 6) is 0. The molecule has 1 aromatic rings. The molecular formula is C15H24N2O. The molecule has 2 rings (SSSR count). The van der Waals surface area contributed by atoms with E-state index < -0.39 is 5.60 Å². The van der Waals surface area contributed by atoms with E-state index in [-0.39, 0.29) is 0 Å². The molecule has 1 aromatic carbocycles. The number of nitrogens with one attached hydrogen (secondary N) is 1. The topological polar surface area (TPSA) is 35.5 Å². The van der Waals surface area contributed by atoms with E-state index in [9.17, 15) is 5.11 Å². The molecule has 0 bridgehead atoms. The van der Waals surface area contributed by atoms with Crippen LogP contribution in [0.15, 0.2) is 18.2 Å². The molecule has 0 aliphatic carbocycles. The zero-order valence-corrected chi connectivity index (χ0v) is 11.7. The lowest BCUT2D eigenvalue weighted by atomic mass is 9.93. The van der Waals surface area contributed by atoms with E-state index in [0.29, 0.717) is 0 Å². The summed E-state index contributed by atoms with van der Waals surface area (Å²) < 4.78 is 0. The number of hydrogen-bond donors (Lipinski definition) is 2. The molecule has 0 aromatic heterocycles. The zero-order chi connectivity index (χ0) is 13.2. The van der Waals surface area contributed by atoms with Crippen LogP contribution in [0.5, 0.6) is 0 Å². The first kappa shape index (κ1) is 13.4. The summed E-state index contributed by atoms with van der Waals surface area (Å²) in [4.78, 5) is 2.37. The third-order valence-electron chi connectivity index (χ3n) is 3.90. The highest BCUT2D eigenvalue weighted by Crippen LogP contribution is 2.27. The summed E-state index contributed by atoms with van der Waals surface area (Å²) in [5, 5.41) is 13.2. The Labute approximate surface area is 110 Å². The minimum Gasteiger partial charge on any atom is -0.390 e. The number of hydrogen-bond acceptors (Lipinski definition) is 3. The smallest absolute Gasteiger partial charge is 0.0653 e. The van der Waals surface area contributed by atoms with Gasteiger partial charge >= 0.3 is 0 Å². The molecule has 0 amide bonds. The van der Waals surface area contributed by atoms with Crippen molar-refractivity contribution in [1.82, 2.24) is 5.32 Å². The van der Waals surface area contributed by atoms with Crippen molar-refractivity contribution in [3.63, 3.8) is 0 Å². The monoisotopic (exact) mass is 248 g/mol. The molecule has 100 valence electrons. The standard InChI is InChI=1S/C15H24N2O/c1-12-10-14(5-4-13(12)11-16-3)17-8-6-15(2,18)7-9-17/h4-5,10,16,18H,6-9,11H2,1-3H3. The van der Waals surface area contributed by atoms with Crippen LogP contribution in [0.25, 0.3) is 0 Å². The van der Waals surface area contributed by atoms with Gasteiger partial charge in [-0.3, -0.25) is 0 Å². The number of rotatable bonds is 3. The summed E-state index contributed by atoms with van der Waals surface area (Å²) in [6.45, 7) is 6.90. The summed E-state index contributed by atoms with van der Waals surface area (Å²) in [5.41, 5.74) is 3.49. The van der Waals surface area contributed by atoms with Crippen molar-refractivity contribution < 1.29 is 5.11 Å². The molecule has 0 radical (unpaired) electrons. The van der Waals surface area contributed by atoms with Crippen LogP contribution in [0, 0.1) is 6.92 Å². The van der Waals surface area contributed by atoms with Crippen molar-refractivity contribution in [1.29, 1.82) is 0 Å². The van der Waals surface area contributed by atoms with Crippen LogP contribution in [0.4, 0.5) is 5.69 Å². The van der Waals surface area contributed by atoms with Crippen molar-refractivity contribution in [2.45, 2.75) is 38.8 Å². The molecule has 0 atom stereocenters. The van der Waals surface area contributed by atoms with Crippen molar-refractivity contribution in [2.75, 3.05) is 25.0 Å². The molecule has 1 aliphatic rings. The van der Waals surface area contributed by atoms with Gasteiger partial charge in [-0.15, -0.1) is 0 Å². The lowest BCUT2D eigenvalue weighted by molar-refractivity contribution is 0.0351. The molecule has 1 saturated heterocycles. The lowest BCUT2D eigenvalue weighted by Gasteiger charge is -2.37. The second kappa shape index (κ2) is 5.29. The van der Waals surface area contributed by atoms with E-state index in [2.05, 4.69) is 35.3 Å². The van der Waals surface area contributed by atoms with Gasteiger partial charge < -0.3 is 15.3 Å². The maximum absolute atomic E-state index is 9.97. The quantitative estimate of drug-likeness (QED) is 0.859. The third kappa shape index (κ3) is 3.03. The average molecular weight is 248 g/mol. The van der Waals surface area contributed by atoms with E-state index in [1.165, 1.54) is 16.8 Å². The number of nitrogens with zero attached hydrogens (tertiary/aromatic N) is 1. The first-order valence-electron chi connectivity index (χ1n) is 6.73. The number of piperidine rings is 1. The van der Waals surface area contributed by atoms with Gasteiger partial charge in [0, 0.05) is 25.3 Å². The highest BCUT2D eigenvalue weighted by molar-refractivity contribution is 5.51. The normalized spacial score (nSPS) is 19.0. The van der Waals surface area contributed by atoms with Crippen molar-refractivity contribution in [3.8, 4) is 0 Å². The molecule has 3 nitrogen and oxygen atoms in total. The predicted octanol–water partition coefficient (Wildman–Crippen LogP) is 2.07. The Kier molecular flexibility index (Phi) is 3.93. The molecular weight excluding hydrogens is 224 g/mol. The van der Waals surface area contributed by atoms with Crippen molar-refractivity contribution >= 4 is 5.69 Å². The van der Waals surface area contributed by atoms with Gasteiger partial charge in [-0.1, -0.05) is 6.07 Å². The van der Waals surface area contributed by atoms with Gasteiger partial charge in [-0.25, -0.2) is 0 Å². The summed E-state index contributed by atoms with van der Waals surface area (Å²) >= 11 is 0. The second-order valence-electron chi connectivity index (χ2n) is 5.63. The minimum absolute atomic E-state index is 0.475. The van der Waals surface area contributed by atoms with E-state index in [4.69, 9.17) is 0 Å². The third-order valence-corrected chi connectivity index (χ3v) is 3.90. The number of anilines is 1. The molecule has 1 fully saturated rings. The summed E-state index contributed by atoms with van der Waals surface area (Å²) in [6, 6.07) is 6.65. The van der Waals surface area contributed by atoms with Gasteiger partial charge in [0.15, 0.2) is 0 Å². The second-order valence-corrected chi connectivity index (χ2v) is 5.63. The molecule has 1 heterocycles. The van der Waals surface area contributed by atoms with Gasteiger partial charge in [-0.2, -0.15) is 0 Å². The molecule has 0 unspecified atom stereocenters. The van der Waals surface area contributed by atoms with Gasteiger partial charge in [0.2, 0.25) is 0 Å². The zero-order valence-electron chi connectivity index (χ0n) is 11.7. The lowest BCUT2D eigenvalue weighted by Crippen LogP contribution is -2.42. The molecule has 2 N–H and O–H groups in total. The molecule has 0 spiro atoms. The van der Waals surface area contributed by atoms with Crippen LogP contribution in [0.2, 0.25) is 0 Å². The molecule has 1 aliphatic heterocycles. The fourth-order valence-corrected chi connectivity index (χ4v) is 2.51. The van der Waals surface area contributed by atoms with E-state index >= 15 is 0 Å². The number of aryl methyl sites for hydroxylation is 1. The fourth-order valence-electron chi connectivity index (χ4n) is 2.51. The van der Waals surface area contributed by atoms with Crippen molar-refractivity contribution in [2.24, 2.45) is 0 Å². The van der Waals surface area contributed by atoms with Crippen LogP contribution in [-0.4, -0.2) is 30.8 Å². The van der Waals surface area contributed by atoms with E-state index in [1.54, 1.807) is 0 Å². The van der Waals surface area contributed by atoms with E-state index in [0.717, 1.165) is 32.5 Å². The molecule has 0 saturated carbocycles. The van der Waals surface area contributed by atoms with Crippen LogP contribution in [-0.2, 0) is 6.54 Å². The van der Waals surface area contributed by atoms with Crippen molar-refractivity contribution in [3.05, 3.63) is 29.3 Å². The Bertz CT molecular complexity index is 405. The number of aliphatic hydroxyl groups is 1. The Hall–Kier alpha value is -1.06. The Balaban J connectivity index is 2.08. The van der Waals surface area contributed by atoms with Crippen LogP contribution in [0.3, 0.4) is 0 Å². The van der Waals surface area contributed by atoms with Gasteiger partial charge in [0.05, 0.1) is 5.60 Å². The Morgan fingerprint density at radius 2 is 2.00 bits per heavy atom. The van der Waals surface area contributed by atoms with Crippen LogP contribution >= 0.6 is 0 Å². The SMILES string of the molecule is CNCc1ccc(N2CCC(C)(O)CC2)cc1C. The Morgan fingerprint density at radius 1 is 1.33 bits per heavy atom. The Morgan fingerprint density at radius 3 is 2.56 bits per heavy atom. The summed E-state index contributed by atoms with van der Waals surface area (Å²) in [6.07, 6.45) is 1.70. The molecule has 3 heteroatoms. The molecule has 18 heavy (non-hydrogen) atoms. The van der Waals surface area contributed by atoms with Crippen LogP contribution < -0.4 is 10.2 Å². The number of benzene rings is 1. The maximum Gasteiger partial charge on any atom is 0.0653 e. The first-order chi connectivity index (χ1) is 8.52. The van der Waals surface area contributed by atoms with E-state index in [1.807, 2.05) is 14.0 Å². The largest absolute Gasteiger partial charge is 0.390 e. The van der Waals surface area contributed by atoms with Gasteiger partial charge in [0.1, 0.15) is 0 Å². The predicted molar refractivity (Wildman–Crippen MR) is 76.0 cm³/mol. The van der Waals surface area contributed by atoms with Crippen LogP contribution in [0.1, 0.15) is 30.9 Å². The maximum atomic E-state index is 9.97. The highest BCUT2D eigenvalue weighted by atomic mass is 16.3. The summed E-state index contributed by atoms with van der Waals surface area (Å²) in [7, 11) is 1.97. The minimum atomic E-state index is -0.475. The fraction of sp³-hybridized carbons (Fsp3) is 0.600. The average Bonchev–Trinajstić information content (AvgIpc) is 2.32. The first-order valence-corrected chi connectivity index (χ1v) is 6.73.